The van der Waals surface area contributed by atoms with E-state index in [0.29, 0.717) is 33.2 Å². The number of ether oxygens (including phenoxy) is 2. The van der Waals surface area contributed by atoms with Gasteiger partial charge < -0.3 is 9.47 Å². The third-order valence-corrected chi connectivity index (χ3v) is 5.96. The maximum atomic E-state index is 13.1. The number of benzene rings is 2. The normalized spacial score (nSPS) is 10.3. The lowest BCUT2D eigenvalue weighted by atomic mass is 9.96. The maximum Gasteiger partial charge on any atom is 0.338 e. The summed E-state index contributed by atoms with van der Waals surface area (Å²) in [4.78, 5) is 33.7. The summed E-state index contributed by atoms with van der Waals surface area (Å²) in [5.41, 5.74) is 2.89. The molecule has 0 amide bonds. The van der Waals surface area contributed by atoms with Gasteiger partial charge >= 0.3 is 5.97 Å². The number of esters is 1. The number of halogens is 1. The highest BCUT2D eigenvalue weighted by molar-refractivity contribution is 6.31. The molecule has 8 nitrogen and oxygen atoms in total. The molecule has 2 heterocycles. The second kappa shape index (κ2) is 12.2. The van der Waals surface area contributed by atoms with Crippen molar-refractivity contribution in [3.05, 3.63) is 86.7 Å². The molecule has 0 unspecified atom stereocenters. The predicted octanol–water partition coefficient (Wildman–Crippen LogP) is 5.49. The molecule has 37 heavy (non-hydrogen) atoms. The number of nitrogens with zero attached hydrogens (tertiary/aromatic N) is 4. The second-order valence-electron chi connectivity index (χ2n) is 7.77. The molecule has 0 saturated heterocycles. The molecule has 0 bridgehead atoms. The summed E-state index contributed by atoms with van der Waals surface area (Å²) in [6, 6.07) is 12.6. The minimum atomic E-state index is -0.431. The van der Waals surface area contributed by atoms with Crippen LogP contribution >= 0.6 is 11.6 Å². The van der Waals surface area contributed by atoms with Crippen LogP contribution in [0.1, 0.15) is 41.2 Å². The number of hydrogen-bond acceptors (Lipinski definition) is 7. The van der Waals surface area contributed by atoms with Gasteiger partial charge in [0, 0.05) is 16.8 Å². The molecule has 2 aromatic heterocycles. The van der Waals surface area contributed by atoms with E-state index < -0.39 is 5.97 Å². The van der Waals surface area contributed by atoms with Gasteiger partial charge in [0.15, 0.2) is 0 Å². The molecule has 0 saturated carbocycles. The molecule has 0 aliphatic carbocycles. The van der Waals surface area contributed by atoms with E-state index in [9.17, 15) is 14.9 Å². The third-order valence-electron chi connectivity index (χ3n) is 5.72. The molecule has 9 heteroatoms. The molecule has 2 aromatic carbocycles. The second-order valence-corrected chi connectivity index (χ2v) is 8.20. The highest BCUT2D eigenvalue weighted by atomic mass is 35.5. The van der Waals surface area contributed by atoms with Crippen molar-refractivity contribution in [2.24, 2.45) is 0 Å². The summed E-state index contributed by atoms with van der Waals surface area (Å²) in [5.74, 6) is 0.598. The van der Waals surface area contributed by atoms with E-state index in [0.717, 1.165) is 11.1 Å². The lowest BCUT2D eigenvalue weighted by Crippen LogP contribution is -2.27. The minimum absolute atomic E-state index is 0.158. The molecular weight excluding hydrogens is 492 g/mol. The molecular formula is C28H27ClN4O4. The Hall–Kier alpha value is -4.22. The average molecular weight is 519 g/mol. The Kier molecular flexibility index (Phi) is 8.99. The zero-order valence-electron chi connectivity index (χ0n) is 21.3. The van der Waals surface area contributed by atoms with Crippen molar-refractivity contribution in [1.82, 2.24) is 14.5 Å². The first-order valence-corrected chi connectivity index (χ1v) is 12.1. The zero-order valence-corrected chi connectivity index (χ0v) is 22.1. The van der Waals surface area contributed by atoms with Crippen LogP contribution in [0.3, 0.4) is 0 Å². The van der Waals surface area contributed by atoms with Crippen LogP contribution in [0.15, 0.2) is 53.6 Å². The topological polar surface area (TPSA) is 107 Å². The molecule has 0 radical (unpaired) electrons. The molecule has 0 fully saturated rings. The number of methoxy groups -OCH3 is 1. The number of aryl methyl sites for hydroxylation is 1. The number of hydrogen-bond donors (Lipinski definition) is 0. The van der Waals surface area contributed by atoms with Crippen molar-refractivity contribution < 1.29 is 14.3 Å². The number of rotatable bonds is 6. The van der Waals surface area contributed by atoms with E-state index in [1.807, 2.05) is 32.9 Å². The summed E-state index contributed by atoms with van der Waals surface area (Å²) >= 11 is 6.27. The number of carbonyl (C=O) groups is 1. The fourth-order valence-electron chi connectivity index (χ4n) is 3.97. The molecule has 4 rings (SSSR count). The molecule has 0 atom stereocenters. The van der Waals surface area contributed by atoms with Crippen LogP contribution in [0, 0.1) is 25.2 Å². The fraction of sp³-hybridized carbons (Fsp3) is 0.250. The van der Waals surface area contributed by atoms with Gasteiger partial charge in [0.2, 0.25) is 0 Å². The van der Waals surface area contributed by atoms with Gasteiger partial charge in [-0.15, -0.1) is 0 Å². The van der Waals surface area contributed by atoms with Crippen molar-refractivity contribution in [2.75, 3.05) is 13.7 Å². The van der Waals surface area contributed by atoms with Gasteiger partial charge in [-0.25, -0.2) is 9.78 Å². The Balaban J connectivity index is 0.00000186. The summed E-state index contributed by atoms with van der Waals surface area (Å²) in [7, 11) is 1.34. The average Bonchev–Trinajstić information content (AvgIpc) is 2.91. The first-order valence-electron chi connectivity index (χ1n) is 11.7. The Morgan fingerprint density at radius 1 is 1.14 bits per heavy atom. The summed E-state index contributed by atoms with van der Waals surface area (Å²) in [6.07, 6.45) is 2.82. The smallest absolute Gasteiger partial charge is 0.338 e. The molecule has 0 spiro atoms. The number of nitriles is 1. The predicted molar refractivity (Wildman–Crippen MR) is 143 cm³/mol. The lowest BCUT2D eigenvalue weighted by Gasteiger charge is -2.16. The van der Waals surface area contributed by atoms with Gasteiger partial charge in [0.25, 0.3) is 5.56 Å². The molecule has 0 aliphatic rings. The minimum Gasteiger partial charge on any atom is -0.491 e. The van der Waals surface area contributed by atoms with Crippen LogP contribution in [0.4, 0.5) is 0 Å². The Labute approximate surface area is 220 Å². The monoisotopic (exact) mass is 518 g/mol. The van der Waals surface area contributed by atoms with Crippen molar-refractivity contribution in [2.45, 2.75) is 34.2 Å². The third kappa shape index (κ3) is 5.63. The Morgan fingerprint density at radius 3 is 2.59 bits per heavy atom. The fourth-order valence-corrected chi connectivity index (χ4v) is 4.14. The van der Waals surface area contributed by atoms with Gasteiger partial charge in [-0.05, 0) is 49.2 Å². The van der Waals surface area contributed by atoms with Gasteiger partial charge in [-0.2, -0.15) is 5.26 Å². The summed E-state index contributed by atoms with van der Waals surface area (Å²) in [5, 5.41) is 10.1. The largest absolute Gasteiger partial charge is 0.491 e. The van der Waals surface area contributed by atoms with Gasteiger partial charge in [0.05, 0.1) is 41.9 Å². The molecule has 0 N–H and O–H groups in total. The van der Waals surface area contributed by atoms with Gasteiger partial charge in [-0.3, -0.25) is 14.3 Å². The van der Waals surface area contributed by atoms with Crippen molar-refractivity contribution in [3.63, 3.8) is 0 Å². The highest BCUT2D eigenvalue weighted by Crippen LogP contribution is 2.35. The van der Waals surface area contributed by atoms with Crippen LogP contribution in [-0.2, 0) is 11.3 Å². The van der Waals surface area contributed by atoms with Crippen molar-refractivity contribution >= 4 is 28.5 Å². The summed E-state index contributed by atoms with van der Waals surface area (Å²) < 4.78 is 12.4. The lowest BCUT2D eigenvalue weighted by molar-refractivity contribution is 0.0600. The number of aromatic nitrogens is 3. The quantitative estimate of drug-likeness (QED) is 0.310. The summed E-state index contributed by atoms with van der Waals surface area (Å²) in [6.45, 7) is 7.92. The van der Waals surface area contributed by atoms with Crippen LogP contribution in [0.2, 0.25) is 5.02 Å². The first kappa shape index (κ1) is 27.4. The number of pyridine rings is 1. The number of carbonyl (C=O) groups excluding carboxylic acids is 1. The Bertz CT molecular complexity index is 1560. The standard InChI is InChI=1S/C26H21ClN4O4.C2H6/c1-15-19(5-4-6-20(15)26(33)34-3)21-11-18(27)7-8-23(21)35-10-9-31-16(2)30-22-14-29-13-17(12-28)24(22)25(31)32;1-2/h4-8,11,13-14H,9-10H2,1-3H3;1-2H3. The molecule has 0 aliphatic heterocycles. The van der Waals surface area contributed by atoms with Crippen LogP contribution < -0.4 is 10.3 Å². The van der Waals surface area contributed by atoms with Crippen LogP contribution in [-0.4, -0.2) is 34.2 Å². The van der Waals surface area contributed by atoms with E-state index in [-0.39, 0.29) is 29.7 Å². The van der Waals surface area contributed by atoms with Gasteiger partial charge in [-0.1, -0.05) is 37.6 Å². The van der Waals surface area contributed by atoms with E-state index >= 15 is 0 Å². The first-order chi connectivity index (χ1) is 17.8. The molecule has 4 aromatic rings. The maximum absolute atomic E-state index is 13.1. The van der Waals surface area contributed by atoms with Crippen molar-refractivity contribution in [1.29, 1.82) is 5.26 Å². The van der Waals surface area contributed by atoms with Crippen molar-refractivity contribution in [3.8, 4) is 22.9 Å². The van der Waals surface area contributed by atoms with E-state index in [1.54, 1.807) is 37.3 Å². The molecule has 190 valence electrons. The van der Waals surface area contributed by atoms with E-state index in [1.165, 1.54) is 24.1 Å². The van der Waals surface area contributed by atoms with E-state index in [4.69, 9.17) is 21.1 Å². The SMILES string of the molecule is CC.COC(=O)c1cccc(-c2cc(Cl)ccc2OCCn2c(C)nc3cncc(C#N)c3c2=O)c1C. The highest BCUT2D eigenvalue weighted by Gasteiger charge is 2.17. The van der Waals surface area contributed by atoms with Gasteiger partial charge in [0.1, 0.15) is 24.3 Å². The zero-order chi connectivity index (χ0) is 27.1. The van der Waals surface area contributed by atoms with E-state index in [2.05, 4.69) is 9.97 Å². The van der Waals surface area contributed by atoms with Crippen LogP contribution in [0.25, 0.3) is 22.0 Å². The van der Waals surface area contributed by atoms with Crippen LogP contribution in [0.5, 0.6) is 5.75 Å². The Morgan fingerprint density at radius 2 is 1.89 bits per heavy atom. The number of fused-ring (bicyclic) bond motifs is 1.